The molecule has 4 aromatic heterocycles. The van der Waals surface area contributed by atoms with Crippen molar-refractivity contribution in [2.75, 3.05) is 0 Å². The third-order valence-corrected chi connectivity index (χ3v) is 7.60. The van der Waals surface area contributed by atoms with Gasteiger partial charge in [-0.2, -0.15) is 29.8 Å². The summed E-state index contributed by atoms with van der Waals surface area (Å²) in [5.74, 6) is 0. The molecule has 0 aliphatic rings. The minimum Gasteiger partial charge on any atom is -0.424 e. The van der Waals surface area contributed by atoms with Crippen molar-refractivity contribution in [3.8, 4) is 11.1 Å². The van der Waals surface area contributed by atoms with E-state index in [1.165, 1.54) is 65.3 Å². The van der Waals surface area contributed by atoms with Gasteiger partial charge in [0.2, 0.25) is 0 Å². The Balaban J connectivity index is 0.00000196. The predicted octanol–water partition coefficient (Wildman–Crippen LogP) is 8.10. The van der Waals surface area contributed by atoms with Gasteiger partial charge in [-0.1, -0.05) is 66.9 Å². The van der Waals surface area contributed by atoms with Gasteiger partial charge in [0, 0.05) is 32.6 Å². The summed E-state index contributed by atoms with van der Waals surface area (Å²) in [6.45, 7) is 0. The Bertz CT molecular complexity index is 2220. The molecule has 0 fully saturated rings. The molecule has 0 aliphatic carbocycles. The molecule has 0 aliphatic heterocycles. The topological polar surface area (TPSA) is 8.82 Å². The largest absolute Gasteiger partial charge is 2.00 e. The number of nitrogens with zero attached hydrogens (tertiary/aromatic N) is 2. The first-order valence-corrected chi connectivity index (χ1v) is 11.6. The summed E-state index contributed by atoms with van der Waals surface area (Å²) in [5, 5.41) is 9.00. The molecule has 3 heteroatoms. The molecule has 9 rings (SSSR count). The second-order valence-electron chi connectivity index (χ2n) is 9.21. The second kappa shape index (κ2) is 6.62. The first-order chi connectivity index (χ1) is 16.9. The van der Waals surface area contributed by atoms with Crippen LogP contribution in [0.25, 0.3) is 76.4 Å². The molecule has 0 saturated heterocycles. The Labute approximate surface area is 214 Å². The van der Waals surface area contributed by atoms with E-state index in [-0.39, 0.29) is 21.1 Å². The molecule has 0 unspecified atom stereocenters. The van der Waals surface area contributed by atoms with Crippen LogP contribution < -0.4 is 0 Å². The third-order valence-electron chi connectivity index (χ3n) is 7.60. The molecule has 35 heavy (non-hydrogen) atoms. The van der Waals surface area contributed by atoms with Crippen molar-refractivity contribution >= 4 is 65.3 Å². The summed E-state index contributed by atoms with van der Waals surface area (Å²) in [4.78, 5) is 0. The Morgan fingerprint density at radius 2 is 1.11 bits per heavy atom. The number of benzene rings is 5. The number of aromatic nitrogens is 2. The Hall–Kier alpha value is -3.87. The number of fused-ring (bicyclic) bond motifs is 10. The van der Waals surface area contributed by atoms with Gasteiger partial charge in [-0.05, 0) is 22.4 Å². The van der Waals surface area contributed by atoms with Crippen LogP contribution in [0, 0.1) is 12.3 Å². The molecular formula is C32H16N2W. The standard InChI is InChI=1S/C32H16N2.W/c1-2-8-19(9-3-1)27-18-33-29-22(12-7-14-24(27)29)25-16-17-26-23-13-6-11-21-20-10-4-5-15-28(20)34(30(21)23)32(26)31(25)33;/h1-8,10-17H;/q-2;+2. The van der Waals surface area contributed by atoms with Crippen LogP contribution in [0.2, 0.25) is 0 Å². The molecule has 0 atom stereocenters. The molecule has 0 saturated carbocycles. The van der Waals surface area contributed by atoms with Crippen LogP contribution in [0.3, 0.4) is 0 Å². The zero-order valence-corrected chi connectivity index (χ0v) is 21.5. The molecule has 5 aromatic carbocycles. The van der Waals surface area contributed by atoms with Crippen molar-refractivity contribution in [3.63, 3.8) is 0 Å². The average molecular weight is 612 g/mol. The van der Waals surface area contributed by atoms with Crippen LogP contribution in [0.4, 0.5) is 0 Å². The zero-order chi connectivity index (χ0) is 22.0. The van der Waals surface area contributed by atoms with Gasteiger partial charge in [0.15, 0.2) is 0 Å². The number of para-hydroxylation sites is 3. The summed E-state index contributed by atoms with van der Waals surface area (Å²) in [7, 11) is 0. The van der Waals surface area contributed by atoms with Gasteiger partial charge in [-0.15, -0.1) is 17.5 Å². The average Bonchev–Trinajstić information content (AvgIpc) is 3.62. The van der Waals surface area contributed by atoms with E-state index in [9.17, 15) is 0 Å². The monoisotopic (exact) mass is 612 g/mol. The van der Waals surface area contributed by atoms with Crippen molar-refractivity contribution in [3.05, 3.63) is 109 Å². The van der Waals surface area contributed by atoms with Crippen molar-refractivity contribution in [2.45, 2.75) is 0 Å². The van der Waals surface area contributed by atoms with Crippen LogP contribution in [-0.4, -0.2) is 8.80 Å². The van der Waals surface area contributed by atoms with Crippen LogP contribution in [-0.2, 0) is 21.1 Å². The van der Waals surface area contributed by atoms with E-state index < -0.39 is 0 Å². The third kappa shape index (κ3) is 2.20. The molecule has 2 nitrogen and oxygen atoms in total. The maximum absolute atomic E-state index is 3.76. The fourth-order valence-electron chi connectivity index (χ4n) is 6.29. The fraction of sp³-hybridized carbons (Fsp3) is 0. The molecule has 0 spiro atoms. The van der Waals surface area contributed by atoms with Gasteiger partial charge >= 0.3 is 21.1 Å². The minimum atomic E-state index is 0. The van der Waals surface area contributed by atoms with Gasteiger partial charge < -0.3 is 8.80 Å². The van der Waals surface area contributed by atoms with E-state index in [4.69, 9.17) is 0 Å². The summed E-state index contributed by atoms with van der Waals surface area (Å²) in [5.41, 5.74) is 8.48. The predicted molar refractivity (Wildman–Crippen MR) is 141 cm³/mol. The maximum atomic E-state index is 3.76. The van der Waals surface area contributed by atoms with Crippen molar-refractivity contribution in [1.82, 2.24) is 8.80 Å². The van der Waals surface area contributed by atoms with E-state index in [0.29, 0.717) is 0 Å². The molecule has 0 amide bonds. The van der Waals surface area contributed by atoms with Gasteiger partial charge in [-0.3, -0.25) is 0 Å². The fourth-order valence-corrected chi connectivity index (χ4v) is 6.29. The first-order valence-electron chi connectivity index (χ1n) is 11.6. The molecular weight excluding hydrogens is 596 g/mol. The van der Waals surface area contributed by atoms with Gasteiger partial charge in [-0.25, -0.2) is 5.56 Å². The van der Waals surface area contributed by atoms with Crippen molar-refractivity contribution in [1.29, 1.82) is 0 Å². The van der Waals surface area contributed by atoms with Gasteiger partial charge in [0.25, 0.3) is 0 Å². The molecule has 9 aromatic rings. The van der Waals surface area contributed by atoms with E-state index >= 15 is 0 Å². The maximum Gasteiger partial charge on any atom is 2.00 e. The second-order valence-corrected chi connectivity index (χ2v) is 9.21. The summed E-state index contributed by atoms with van der Waals surface area (Å²) in [6, 6.07) is 38.3. The zero-order valence-electron chi connectivity index (χ0n) is 18.5. The quantitative estimate of drug-likeness (QED) is 0.166. The number of hydrogen-bond donors (Lipinski definition) is 0. The Morgan fingerprint density at radius 3 is 1.91 bits per heavy atom. The summed E-state index contributed by atoms with van der Waals surface area (Å²) < 4.78 is 4.79. The summed E-state index contributed by atoms with van der Waals surface area (Å²) in [6.07, 6.45) is 3.76. The minimum absolute atomic E-state index is 0. The smallest absolute Gasteiger partial charge is 0.424 e. The normalized spacial score (nSPS) is 12.3. The Kier molecular flexibility index (Phi) is 3.68. The number of rotatable bonds is 1. The Morgan fingerprint density at radius 1 is 0.486 bits per heavy atom. The van der Waals surface area contributed by atoms with E-state index in [1.807, 2.05) is 12.1 Å². The van der Waals surface area contributed by atoms with E-state index in [1.54, 1.807) is 0 Å². The first kappa shape index (κ1) is 19.4. The van der Waals surface area contributed by atoms with Crippen LogP contribution in [0.5, 0.6) is 0 Å². The van der Waals surface area contributed by atoms with E-state index in [0.717, 1.165) is 11.1 Å². The molecule has 0 N–H and O–H groups in total. The molecule has 160 valence electrons. The van der Waals surface area contributed by atoms with Gasteiger partial charge in [0.1, 0.15) is 0 Å². The summed E-state index contributed by atoms with van der Waals surface area (Å²) >= 11 is 0. The van der Waals surface area contributed by atoms with Gasteiger partial charge in [0.05, 0.1) is 11.0 Å². The molecule has 0 bridgehead atoms. The van der Waals surface area contributed by atoms with Crippen molar-refractivity contribution < 1.29 is 21.1 Å². The molecule has 4 heterocycles. The molecule has 0 radical (unpaired) electrons. The van der Waals surface area contributed by atoms with Crippen LogP contribution >= 0.6 is 0 Å². The van der Waals surface area contributed by atoms with Crippen LogP contribution in [0.1, 0.15) is 0 Å². The SMILES string of the molecule is [W+2].[c-]1ccccc1-c1[c-]n2c3c1cccc3c1ccc3c4cccc5c6ccccc6n(c54)c3c12. The van der Waals surface area contributed by atoms with Crippen LogP contribution in [0.15, 0.2) is 97.1 Å². The van der Waals surface area contributed by atoms with E-state index in [2.05, 4.69) is 106 Å². The number of hydrogen-bond acceptors (Lipinski definition) is 0. The van der Waals surface area contributed by atoms with Crippen molar-refractivity contribution in [2.24, 2.45) is 0 Å².